The molecule has 82 valence electrons. The van der Waals surface area contributed by atoms with Crippen LogP contribution >= 0.6 is 0 Å². The summed E-state index contributed by atoms with van der Waals surface area (Å²) in [6.07, 6.45) is 4.96. The molecular formula is C14H20O. The first-order valence-corrected chi connectivity index (χ1v) is 5.77. The second kappa shape index (κ2) is 3.88. The van der Waals surface area contributed by atoms with E-state index in [1.54, 1.807) is 7.11 Å². The molecule has 0 radical (unpaired) electrons. The monoisotopic (exact) mass is 204 g/mol. The lowest BCUT2D eigenvalue weighted by molar-refractivity contribution is 0.325. The maximum Gasteiger partial charge on any atom is 0.122 e. The van der Waals surface area contributed by atoms with Gasteiger partial charge in [-0.3, -0.25) is 0 Å². The third-order valence-electron chi connectivity index (χ3n) is 3.40. The molecule has 0 aromatic heterocycles. The van der Waals surface area contributed by atoms with Crippen LogP contribution in [-0.2, 0) is 12.8 Å². The van der Waals surface area contributed by atoms with E-state index in [-0.39, 0.29) is 0 Å². The van der Waals surface area contributed by atoms with Crippen LogP contribution in [0, 0.1) is 5.41 Å². The van der Waals surface area contributed by atoms with E-state index in [0.29, 0.717) is 5.41 Å². The number of ether oxygens (including phenoxy) is 1. The van der Waals surface area contributed by atoms with Crippen LogP contribution < -0.4 is 4.74 Å². The molecule has 0 amide bonds. The Bertz CT molecular complexity index is 352. The second-order valence-corrected chi connectivity index (χ2v) is 5.29. The molecule has 0 unspecified atom stereocenters. The van der Waals surface area contributed by atoms with Crippen molar-refractivity contribution < 1.29 is 4.74 Å². The van der Waals surface area contributed by atoms with Crippen molar-refractivity contribution in [3.63, 3.8) is 0 Å². The van der Waals surface area contributed by atoms with Crippen molar-refractivity contribution in [1.82, 2.24) is 0 Å². The van der Waals surface area contributed by atoms with Crippen LogP contribution in [0.15, 0.2) is 18.2 Å². The fourth-order valence-electron chi connectivity index (χ4n) is 2.56. The Balaban J connectivity index is 2.43. The van der Waals surface area contributed by atoms with Crippen LogP contribution in [0.2, 0.25) is 0 Å². The number of methoxy groups -OCH3 is 1. The molecule has 0 saturated carbocycles. The Morgan fingerprint density at radius 2 is 2.07 bits per heavy atom. The number of aryl methyl sites for hydroxylation is 1. The Labute approximate surface area is 92.5 Å². The van der Waals surface area contributed by atoms with Crippen molar-refractivity contribution in [2.75, 3.05) is 7.11 Å². The van der Waals surface area contributed by atoms with Gasteiger partial charge in [-0.15, -0.1) is 0 Å². The van der Waals surface area contributed by atoms with Crippen molar-refractivity contribution >= 4 is 0 Å². The quantitative estimate of drug-likeness (QED) is 0.635. The first-order chi connectivity index (χ1) is 7.12. The minimum Gasteiger partial charge on any atom is -0.496 e. The van der Waals surface area contributed by atoms with Gasteiger partial charge in [0.15, 0.2) is 0 Å². The van der Waals surface area contributed by atoms with Gasteiger partial charge in [-0.1, -0.05) is 26.0 Å². The Morgan fingerprint density at radius 1 is 1.27 bits per heavy atom. The molecule has 1 aliphatic rings. The molecule has 0 bridgehead atoms. The Morgan fingerprint density at radius 3 is 2.80 bits per heavy atom. The van der Waals surface area contributed by atoms with Crippen molar-refractivity contribution in [2.45, 2.75) is 39.5 Å². The molecule has 0 atom stereocenters. The zero-order chi connectivity index (χ0) is 10.9. The van der Waals surface area contributed by atoms with E-state index in [1.165, 1.54) is 30.4 Å². The van der Waals surface area contributed by atoms with Crippen LogP contribution in [0.5, 0.6) is 5.75 Å². The molecule has 0 N–H and O–H groups in total. The van der Waals surface area contributed by atoms with Gasteiger partial charge in [0.2, 0.25) is 0 Å². The summed E-state index contributed by atoms with van der Waals surface area (Å²) in [7, 11) is 1.77. The molecule has 0 spiro atoms. The fourth-order valence-corrected chi connectivity index (χ4v) is 2.56. The average molecular weight is 204 g/mol. The molecule has 2 rings (SSSR count). The molecule has 1 heteroatoms. The predicted octanol–water partition coefficient (Wildman–Crippen LogP) is 3.60. The van der Waals surface area contributed by atoms with Gasteiger partial charge in [-0.2, -0.15) is 0 Å². The van der Waals surface area contributed by atoms with Gasteiger partial charge in [-0.05, 0) is 48.3 Å². The second-order valence-electron chi connectivity index (χ2n) is 5.29. The van der Waals surface area contributed by atoms with Gasteiger partial charge >= 0.3 is 0 Å². The topological polar surface area (TPSA) is 9.23 Å². The standard InChI is InChI=1S/C14H20O/c1-14(2)9-5-7-11-6-4-8-13(15-3)12(11)10-14/h4,6,8H,5,7,9-10H2,1-3H3. The van der Waals surface area contributed by atoms with Crippen LogP contribution in [0.3, 0.4) is 0 Å². The summed E-state index contributed by atoms with van der Waals surface area (Å²) in [6, 6.07) is 6.44. The molecule has 1 nitrogen and oxygen atoms in total. The molecular weight excluding hydrogens is 184 g/mol. The third kappa shape index (κ3) is 2.17. The van der Waals surface area contributed by atoms with Crippen molar-refractivity contribution in [1.29, 1.82) is 0 Å². The summed E-state index contributed by atoms with van der Waals surface area (Å²) in [5.74, 6) is 1.07. The SMILES string of the molecule is COc1cccc2c1CC(C)(C)CCC2. The average Bonchev–Trinajstić information content (AvgIpc) is 2.34. The van der Waals surface area contributed by atoms with Gasteiger partial charge in [0.1, 0.15) is 5.75 Å². The van der Waals surface area contributed by atoms with Crippen molar-refractivity contribution in [2.24, 2.45) is 5.41 Å². The van der Waals surface area contributed by atoms with Crippen LogP contribution in [0.4, 0.5) is 0 Å². The predicted molar refractivity (Wildman–Crippen MR) is 63.4 cm³/mol. The first kappa shape index (κ1) is 10.5. The van der Waals surface area contributed by atoms with Gasteiger partial charge in [0.05, 0.1) is 7.11 Å². The van der Waals surface area contributed by atoms with E-state index < -0.39 is 0 Å². The zero-order valence-corrected chi connectivity index (χ0v) is 9.97. The number of benzene rings is 1. The largest absolute Gasteiger partial charge is 0.496 e. The van der Waals surface area contributed by atoms with E-state index in [2.05, 4.69) is 32.0 Å². The summed E-state index contributed by atoms with van der Waals surface area (Å²) in [4.78, 5) is 0. The summed E-state index contributed by atoms with van der Waals surface area (Å²) >= 11 is 0. The molecule has 15 heavy (non-hydrogen) atoms. The van der Waals surface area contributed by atoms with Crippen LogP contribution in [-0.4, -0.2) is 7.11 Å². The number of rotatable bonds is 1. The van der Waals surface area contributed by atoms with Crippen molar-refractivity contribution in [3.8, 4) is 5.75 Å². The summed E-state index contributed by atoms with van der Waals surface area (Å²) in [5, 5.41) is 0. The summed E-state index contributed by atoms with van der Waals surface area (Å²) < 4.78 is 5.46. The highest BCUT2D eigenvalue weighted by molar-refractivity contribution is 5.41. The molecule has 1 aromatic carbocycles. The van der Waals surface area contributed by atoms with Crippen LogP contribution in [0.1, 0.15) is 37.8 Å². The minimum absolute atomic E-state index is 0.417. The highest BCUT2D eigenvalue weighted by Crippen LogP contribution is 2.37. The van der Waals surface area contributed by atoms with Gasteiger partial charge in [0.25, 0.3) is 0 Å². The lowest BCUT2D eigenvalue weighted by Crippen LogP contribution is -2.13. The number of hydrogen-bond donors (Lipinski definition) is 0. The van der Waals surface area contributed by atoms with Gasteiger partial charge in [0, 0.05) is 0 Å². The lowest BCUT2D eigenvalue weighted by atomic mass is 9.83. The third-order valence-corrected chi connectivity index (χ3v) is 3.40. The van der Waals surface area contributed by atoms with Crippen LogP contribution in [0.25, 0.3) is 0 Å². The number of fused-ring (bicyclic) bond motifs is 1. The first-order valence-electron chi connectivity index (χ1n) is 5.77. The lowest BCUT2D eigenvalue weighted by Gasteiger charge is -2.23. The van der Waals surface area contributed by atoms with E-state index in [0.717, 1.165) is 12.2 Å². The van der Waals surface area contributed by atoms with E-state index in [9.17, 15) is 0 Å². The maximum atomic E-state index is 5.46. The zero-order valence-electron chi connectivity index (χ0n) is 9.97. The molecule has 0 fully saturated rings. The molecule has 0 saturated heterocycles. The van der Waals surface area contributed by atoms with Gasteiger partial charge in [-0.25, -0.2) is 0 Å². The Kier molecular flexibility index (Phi) is 2.72. The molecule has 1 aliphatic carbocycles. The highest BCUT2D eigenvalue weighted by Gasteiger charge is 2.25. The van der Waals surface area contributed by atoms with E-state index in [1.807, 2.05) is 0 Å². The normalized spacial score (nSPS) is 19.1. The van der Waals surface area contributed by atoms with Gasteiger partial charge < -0.3 is 4.74 Å². The minimum atomic E-state index is 0.417. The number of hydrogen-bond acceptors (Lipinski definition) is 1. The van der Waals surface area contributed by atoms with E-state index >= 15 is 0 Å². The Hall–Kier alpha value is -0.980. The fraction of sp³-hybridized carbons (Fsp3) is 0.571. The molecule has 0 heterocycles. The van der Waals surface area contributed by atoms with E-state index in [4.69, 9.17) is 4.74 Å². The highest BCUT2D eigenvalue weighted by atomic mass is 16.5. The maximum absolute atomic E-state index is 5.46. The smallest absolute Gasteiger partial charge is 0.122 e. The molecule has 1 aromatic rings. The van der Waals surface area contributed by atoms with Crippen molar-refractivity contribution in [3.05, 3.63) is 29.3 Å². The summed E-state index contributed by atoms with van der Waals surface area (Å²) in [6.45, 7) is 4.71. The molecule has 0 aliphatic heterocycles. The summed E-state index contributed by atoms with van der Waals surface area (Å²) in [5.41, 5.74) is 3.34.